The molecule has 3 heteroatoms. The third kappa shape index (κ3) is 9.21. The van der Waals surface area contributed by atoms with Crippen LogP contribution in [-0.2, 0) is 6.42 Å². The second-order valence-electron chi connectivity index (χ2n) is 9.00. The molecule has 3 nitrogen and oxygen atoms in total. The molecule has 0 bridgehead atoms. The molecule has 0 aliphatic heterocycles. The molecular formula is C27H45N3. The highest BCUT2D eigenvalue weighted by Gasteiger charge is 2.18. The van der Waals surface area contributed by atoms with Crippen LogP contribution in [0, 0.1) is 11.8 Å². The maximum Gasteiger partial charge on any atom is 0.0340 e. The van der Waals surface area contributed by atoms with E-state index in [1.54, 1.807) is 0 Å². The van der Waals surface area contributed by atoms with E-state index >= 15 is 0 Å². The van der Waals surface area contributed by atoms with Crippen LogP contribution in [0.3, 0.4) is 0 Å². The monoisotopic (exact) mass is 411 g/mol. The van der Waals surface area contributed by atoms with Crippen molar-refractivity contribution in [3.8, 4) is 0 Å². The molecule has 0 aromatic heterocycles. The van der Waals surface area contributed by atoms with Crippen LogP contribution in [0.4, 0.5) is 5.69 Å². The van der Waals surface area contributed by atoms with Gasteiger partial charge in [0.2, 0.25) is 0 Å². The Bertz CT molecular complexity index is 715. The zero-order valence-electron chi connectivity index (χ0n) is 20.8. The Morgan fingerprint density at radius 2 is 1.83 bits per heavy atom. The number of rotatable bonds is 13. The maximum atomic E-state index is 4.52. The molecule has 1 aromatic rings. The molecule has 168 valence electrons. The van der Waals surface area contributed by atoms with Gasteiger partial charge in [0.1, 0.15) is 0 Å². The zero-order valence-corrected chi connectivity index (χ0v) is 20.8. The van der Waals surface area contributed by atoms with Crippen LogP contribution in [0.5, 0.6) is 0 Å². The minimum absolute atomic E-state index is 0.341. The van der Waals surface area contributed by atoms with Crippen molar-refractivity contribution in [3.05, 3.63) is 65.4 Å². The first kappa shape index (κ1) is 26.0. The van der Waals surface area contributed by atoms with Crippen molar-refractivity contribution in [3.63, 3.8) is 0 Å². The average Bonchev–Trinajstić information content (AvgIpc) is 2.73. The fourth-order valence-electron chi connectivity index (χ4n) is 3.44. The van der Waals surface area contributed by atoms with Gasteiger partial charge in [0.25, 0.3) is 0 Å². The number of benzene rings is 1. The smallest absolute Gasteiger partial charge is 0.0340 e. The van der Waals surface area contributed by atoms with Crippen LogP contribution in [0.2, 0.25) is 0 Å². The van der Waals surface area contributed by atoms with Crippen molar-refractivity contribution in [1.29, 1.82) is 0 Å². The fraction of sp³-hybridized carbons (Fsp3) is 0.556. The first-order valence-electron chi connectivity index (χ1n) is 11.4. The Morgan fingerprint density at radius 1 is 1.13 bits per heavy atom. The highest BCUT2D eigenvalue weighted by Crippen LogP contribution is 2.24. The predicted molar refractivity (Wildman–Crippen MR) is 135 cm³/mol. The van der Waals surface area contributed by atoms with Gasteiger partial charge in [-0.2, -0.15) is 0 Å². The first-order valence-corrected chi connectivity index (χ1v) is 11.4. The minimum Gasteiger partial charge on any atom is -0.388 e. The van der Waals surface area contributed by atoms with E-state index in [1.807, 2.05) is 7.05 Å². The number of hydrogen-bond donors (Lipinski definition) is 1. The molecule has 2 unspecified atom stereocenters. The minimum atomic E-state index is 0.341. The molecule has 1 N–H and O–H groups in total. The fourth-order valence-corrected chi connectivity index (χ4v) is 3.44. The summed E-state index contributed by atoms with van der Waals surface area (Å²) in [5.41, 5.74) is 6.57. The second kappa shape index (κ2) is 13.3. The lowest BCUT2D eigenvalue weighted by molar-refractivity contribution is 0.245. The topological polar surface area (TPSA) is 18.5 Å². The lowest BCUT2D eigenvalue weighted by Crippen LogP contribution is -2.36. The Hall–Kier alpha value is -2.00. The largest absolute Gasteiger partial charge is 0.388 e. The van der Waals surface area contributed by atoms with Gasteiger partial charge < -0.3 is 15.1 Å². The van der Waals surface area contributed by atoms with Crippen LogP contribution < -0.4 is 5.32 Å². The molecule has 1 aromatic carbocycles. The predicted octanol–water partition coefficient (Wildman–Crippen LogP) is 6.22. The standard InChI is InChI=1S/C27H45N3/c1-10-21(2)14-15-23(4)24(5)25(6)30(17-16-29(8)9)20-22(3)18-26-12-11-13-27(19-26)28-7/h11-15,19,22,24,28H,6,10,16-18,20H2,1-5,7-9H3/b21-14-,23-15-. The highest BCUT2D eigenvalue weighted by molar-refractivity contribution is 5.45. The summed E-state index contributed by atoms with van der Waals surface area (Å²) in [5.74, 6) is 0.891. The van der Waals surface area contributed by atoms with Crippen LogP contribution in [0.15, 0.2) is 59.8 Å². The quantitative estimate of drug-likeness (QED) is 0.389. The van der Waals surface area contributed by atoms with Gasteiger partial charge in [0.05, 0.1) is 0 Å². The Morgan fingerprint density at radius 3 is 2.43 bits per heavy atom. The number of anilines is 1. The number of nitrogens with zero attached hydrogens (tertiary/aromatic N) is 2. The number of likely N-dealkylation sites (N-methyl/N-ethyl adjacent to an activating group) is 1. The van der Waals surface area contributed by atoms with Gasteiger partial charge in [-0.05, 0) is 64.4 Å². The first-order chi connectivity index (χ1) is 14.2. The molecule has 0 spiro atoms. The van der Waals surface area contributed by atoms with E-state index in [1.165, 1.54) is 28.1 Å². The third-order valence-electron chi connectivity index (χ3n) is 5.93. The van der Waals surface area contributed by atoms with E-state index < -0.39 is 0 Å². The van der Waals surface area contributed by atoms with E-state index in [4.69, 9.17) is 0 Å². The second-order valence-corrected chi connectivity index (χ2v) is 9.00. The third-order valence-corrected chi connectivity index (χ3v) is 5.93. The Kier molecular flexibility index (Phi) is 11.6. The average molecular weight is 412 g/mol. The SMILES string of the molecule is C=C(C(C)/C(C)=C\C=C(\C)CC)N(CCN(C)C)CC(C)Cc1cccc(NC)c1. The van der Waals surface area contributed by atoms with Crippen molar-refractivity contribution in [2.24, 2.45) is 11.8 Å². The summed E-state index contributed by atoms with van der Waals surface area (Å²) in [6.45, 7) is 18.8. The lowest BCUT2D eigenvalue weighted by atomic mass is 9.95. The van der Waals surface area contributed by atoms with Gasteiger partial charge in [0.15, 0.2) is 0 Å². The van der Waals surface area contributed by atoms with Crippen molar-refractivity contribution >= 4 is 5.69 Å². The molecule has 2 atom stereocenters. The molecule has 0 radical (unpaired) electrons. The molecule has 0 fully saturated rings. The van der Waals surface area contributed by atoms with Gasteiger partial charge in [-0.3, -0.25) is 0 Å². The van der Waals surface area contributed by atoms with E-state index in [9.17, 15) is 0 Å². The molecule has 30 heavy (non-hydrogen) atoms. The normalized spacial score (nSPS) is 14.6. The summed E-state index contributed by atoms with van der Waals surface area (Å²) in [7, 11) is 6.25. The van der Waals surface area contributed by atoms with Gasteiger partial charge >= 0.3 is 0 Å². The van der Waals surface area contributed by atoms with Crippen molar-refractivity contribution in [2.75, 3.05) is 46.1 Å². The number of allylic oxidation sites excluding steroid dienone is 4. The summed E-state index contributed by atoms with van der Waals surface area (Å²) in [5, 5.41) is 3.24. The maximum absolute atomic E-state index is 4.52. The van der Waals surface area contributed by atoms with E-state index in [0.717, 1.165) is 32.5 Å². The summed E-state index contributed by atoms with van der Waals surface area (Å²) in [6.07, 6.45) is 6.69. The number of nitrogens with one attached hydrogen (secondary N) is 1. The molecule has 0 aliphatic carbocycles. The van der Waals surface area contributed by atoms with Crippen LogP contribution in [-0.4, -0.2) is 50.6 Å². The highest BCUT2D eigenvalue weighted by atomic mass is 15.2. The van der Waals surface area contributed by atoms with E-state index in [-0.39, 0.29) is 0 Å². The van der Waals surface area contributed by atoms with Crippen molar-refractivity contribution in [1.82, 2.24) is 9.80 Å². The Balaban J connectivity index is 2.89. The van der Waals surface area contributed by atoms with Crippen LogP contribution in [0.1, 0.15) is 46.6 Å². The summed E-state index contributed by atoms with van der Waals surface area (Å²) < 4.78 is 0. The van der Waals surface area contributed by atoms with E-state index in [2.05, 4.69) is 107 Å². The van der Waals surface area contributed by atoms with Gasteiger partial charge in [0, 0.05) is 44.0 Å². The van der Waals surface area contributed by atoms with Crippen molar-refractivity contribution in [2.45, 2.75) is 47.5 Å². The molecular weight excluding hydrogens is 366 g/mol. The molecule has 0 amide bonds. The zero-order chi connectivity index (χ0) is 22.7. The summed E-state index contributed by atoms with van der Waals surface area (Å²) in [6, 6.07) is 8.74. The summed E-state index contributed by atoms with van der Waals surface area (Å²) in [4.78, 5) is 4.76. The van der Waals surface area contributed by atoms with E-state index in [0.29, 0.717) is 11.8 Å². The molecule has 1 rings (SSSR count). The van der Waals surface area contributed by atoms with Gasteiger partial charge in [-0.15, -0.1) is 0 Å². The van der Waals surface area contributed by atoms with Gasteiger partial charge in [-0.25, -0.2) is 0 Å². The lowest BCUT2D eigenvalue weighted by Gasteiger charge is -2.34. The molecule has 0 saturated carbocycles. The van der Waals surface area contributed by atoms with Crippen LogP contribution in [0.25, 0.3) is 0 Å². The Labute approximate surface area is 186 Å². The summed E-state index contributed by atoms with van der Waals surface area (Å²) >= 11 is 0. The van der Waals surface area contributed by atoms with Crippen molar-refractivity contribution < 1.29 is 0 Å². The molecule has 0 heterocycles. The number of hydrogen-bond acceptors (Lipinski definition) is 3. The van der Waals surface area contributed by atoms with Crippen LogP contribution >= 0.6 is 0 Å². The molecule has 0 saturated heterocycles. The molecule has 0 aliphatic rings. The van der Waals surface area contributed by atoms with Gasteiger partial charge in [-0.1, -0.05) is 62.8 Å².